The fraction of sp³-hybridized carbons (Fsp3) is 0.455. The molecular weight excluding hydrogens is 539 g/mol. The van der Waals surface area contributed by atoms with Gasteiger partial charge in [-0.15, -0.1) is 0 Å². The molecule has 1 fully saturated rings. The van der Waals surface area contributed by atoms with Crippen molar-refractivity contribution in [1.29, 1.82) is 0 Å². The number of carbonyl (C=O) groups excluding carboxylic acids is 1. The fourth-order valence-electron chi connectivity index (χ4n) is 4.07. The number of guanidine groups is 1. The molecule has 2 aromatic heterocycles. The smallest absolute Gasteiger partial charge is 0.370 e. The molecule has 36 heavy (non-hydrogen) atoms. The topological polar surface area (TPSA) is 166 Å². The number of amides is 1. The van der Waals surface area contributed by atoms with E-state index in [-0.39, 0.29) is 33.7 Å². The molecule has 1 aliphatic carbocycles. The molecule has 3 aromatic rings. The molecule has 0 saturated heterocycles. The number of nitrogens with two attached hydrogens (primary N) is 1. The highest BCUT2D eigenvalue weighted by atomic mass is 79.9. The van der Waals surface area contributed by atoms with Crippen molar-refractivity contribution in [1.82, 2.24) is 25.4 Å². The lowest BCUT2D eigenvalue weighted by Gasteiger charge is -2.20. The largest absolute Gasteiger partial charge is 0.446 e. The lowest BCUT2D eigenvalue weighted by Crippen LogP contribution is -2.38. The summed E-state index contributed by atoms with van der Waals surface area (Å²) in [4.78, 5) is 28.6. The van der Waals surface area contributed by atoms with Gasteiger partial charge in [-0.2, -0.15) is 0 Å². The Morgan fingerprint density at radius 3 is 2.83 bits per heavy atom. The highest BCUT2D eigenvalue weighted by Crippen LogP contribution is 2.27. The Labute approximate surface area is 213 Å². The molecular formula is C22H26BrFN8O4. The summed E-state index contributed by atoms with van der Waals surface area (Å²) in [6.45, 7) is 0.777. The van der Waals surface area contributed by atoms with Gasteiger partial charge in [-0.25, -0.2) is 18.4 Å². The number of hydrogen-bond donors (Lipinski definition) is 3. The molecule has 0 bridgehead atoms. The van der Waals surface area contributed by atoms with Gasteiger partial charge in [0.15, 0.2) is 11.7 Å². The van der Waals surface area contributed by atoms with E-state index in [0.717, 1.165) is 17.4 Å². The molecule has 0 spiro atoms. The Balaban J connectivity index is 1.31. The van der Waals surface area contributed by atoms with Crippen molar-refractivity contribution >= 4 is 33.6 Å². The highest BCUT2D eigenvalue weighted by Gasteiger charge is 2.23. The summed E-state index contributed by atoms with van der Waals surface area (Å²) in [6.07, 6.45) is 6.80. The van der Waals surface area contributed by atoms with E-state index in [1.54, 1.807) is 0 Å². The second-order valence-corrected chi connectivity index (χ2v) is 9.33. The van der Waals surface area contributed by atoms with Crippen LogP contribution in [0.1, 0.15) is 44.9 Å². The highest BCUT2D eigenvalue weighted by molar-refractivity contribution is 9.10. The van der Waals surface area contributed by atoms with Crippen LogP contribution in [0, 0.1) is 11.7 Å². The van der Waals surface area contributed by atoms with Crippen LogP contribution in [0.4, 0.5) is 10.2 Å². The van der Waals surface area contributed by atoms with Crippen molar-refractivity contribution < 1.29 is 18.3 Å². The predicted octanol–water partition coefficient (Wildman–Crippen LogP) is 2.98. The van der Waals surface area contributed by atoms with Gasteiger partial charge in [0.25, 0.3) is 0 Å². The molecule has 0 atom stereocenters. The fourth-order valence-corrected chi connectivity index (χ4v) is 4.44. The number of aromatic nitrogens is 4. The number of nitrogens with one attached hydrogen (secondary N) is 2. The zero-order chi connectivity index (χ0) is 25.5. The summed E-state index contributed by atoms with van der Waals surface area (Å²) in [5, 5.41) is 17.1. The van der Waals surface area contributed by atoms with Gasteiger partial charge in [0.2, 0.25) is 17.5 Å². The van der Waals surface area contributed by atoms with E-state index in [1.807, 2.05) is 0 Å². The lowest BCUT2D eigenvalue weighted by atomic mass is 9.87. The maximum absolute atomic E-state index is 13.6. The molecule has 0 unspecified atom stereocenters. The zero-order valence-corrected chi connectivity index (χ0v) is 21.0. The first-order valence-electron chi connectivity index (χ1n) is 11.6. The molecule has 1 saturated carbocycles. The maximum Gasteiger partial charge on any atom is 0.446 e. The first-order chi connectivity index (χ1) is 17.4. The van der Waals surface area contributed by atoms with Crippen LogP contribution in [-0.4, -0.2) is 45.0 Å². The number of halogens is 2. The Hall–Kier alpha value is -3.55. The van der Waals surface area contributed by atoms with Gasteiger partial charge < -0.3 is 11.1 Å². The van der Waals surface area contributed by atoms with Gasteiger partial charge in [-0.05, 0) is 69.6 Å². The Kier molecular flexibility index (Phi) is 8.46. The van der Waals surface area contributed by atoms with E-state index in [4.69, 9.17) is 14.9 Å². The van der Waals surface area contributed by atoms with Gasteiger partial charge in [0, 0.05) is 19.5 Å². The minimum atomic E-state index is -0.784. The quantitative estimate of drug-likeness (QED) is 0.201. The SMILES string of the molecule is NC(=NCCCNc1nonc1-c1noc(=O)n1-c1ccc(F)c(Br)c1)NC(=O)CC1CCCCC1. The molecule has 0 aliphatic heterocycles. The number of hydrogen-bond acceptors (Lipinski definition) is 9. The summed E-state index contributed by atoms with van der Waals surface area (Å²) in [7, 11) is 0. The summed E-state index contributed by atoms with van der Waals surface area (Å²) in [5.74, 6) is -0.592. The number of aliphatic imine (C=N–C) groups is 1. The third-order valence-corrected chi connectivity index (χ3v) is 6.45. The van der Waals surface area contributed by atoms with E-state index in [1.165, 1.54) is 37.5 Å². The minimum Gasteiger partial charge on any atom is -0.370 e. The average molecular weight is 565 g/mol. The van der Waals surface area contributed by atoms with Crippen molar-refractivity contribution in [3.8, 4) is 17.2 Å². The van der Waals surface area contributed by atoms with Crippen LogP contribution in [0.15, 0.2) is 41.6 Å². The van der Waals surface area contributed by atoms with Crippen LogP contribution in [0.5, 0.6) is 0 Å². The molecule has 0 radical (unpaired) electrons. The van der Waals surface area contributed by atoms with Gasteiger partial charge >= 0.3 is 5.76 Å². The molecule has 2 heterocycles. The molecule has 1 aliphatic rings. The van der Waals surface area contributed by atoms with Crippen LogP contribution in [0.25, 0.3) is 17.2 Å². The lowest BCUT2D eigenvalue weighted by molar-refractivity contribution is -0.120. The number of nitrogens with zero attached hydrogens (tertiary/aromatic N) is 5. The van der Waals surface area contributed by atoms with Crippen LogP contribution < -0.4 is 22.1 Å². The molecule has 1 amide bonds. The molecule has 12 nitrogen and oxygen atoms in total. The molecule has 14 heteroatoms. The van der Waals surface area contributed by atoms with Crippen molar-refractivity contribution in [2.75, 3.05) is 18.4 Å². The van der Waals surface area contributed by atoms with E-state index < -0.39 is 11.6 Å². The predicted molar refractivity (Wildman–Crippen MR) is 132 cm³/mol. The van der Waals surface area contributed by atoms with E-state index in [2.05, 4.69) is 47.0 Å². The van der Waals surface area contributed by atoms with E-state index in [9.17, 15) is 14.0 Å². The van der Waals surface area contributed by atoms with Crippen molar-refractivity contribution in [3.05, 3.63) is 39.0 Å². The van der Waals surface area contributed by atoms with E-state index >= 15 is 0 Å². The second-order valence-electron chi connectivity index (χ2n) is 8.47. The van der Waals surface area contributed by atoms with Gasteiger partial charge in [-0.1, -0.05) is 24.4 Å². The van der Waals surface area contributed by atoms with Crippen LogP contribution in [0.3, 0.4) is 0 Å². The third kappa shape index (κ3) is 6.36. The molecule has 192 valence electrons. The van der Waals surface area contributed by atoms with Crippen LogP contribution >= 0.6 is 15.9 Å². The summed E-state index contributed by atoms with van der Waals surface area (Å²) >= 11 is 3.10. The first kappa shape index (κ1) is 25.5. The maximum atomic E-state index is 13.6. The summed E-state index contributed by atoms with van der Waals surface area (Å²) in [6, 6.07) is 4.01. The Bertz CT molecular complexity index is 1280. The van der Waals surface area contributed by atoms with Crippen molar-refractivity contribution in [2.24, 2.45) is 16.6 Å². The third-order valence-electron chi connectivity index (χ3n) is 5.84. The normalized spacial score (nSPS) is 14.7. The zero-order valence-electron chi connectivity index (χ0n) is 19.4. The number of rotatable bonds is 9. The monoisotopic (exact) mass is 564 g/mol. The number of carbonyl (C=O) groups is 1. The second kappa shape index (κ2) is 11.9. The van der Waals surface area contributed by atoms with Crippen LogP contribution in [-0.2, 0) is 4.79 Å². The van der Waals surface area contributed by atoms with E-state index in [0.29, 0.717) is 37.5 Å². The summed E-state index contributed by atoms with van der Waals surface area (Å²) in [5.41, 5.74) is 6.29. The average Bonchev–Trinajstić information content (AvgIpc) is 3.47. The minimum absolute atomic E-state index is 0.0326. The van der Waals surface area contributed by atoms with Gasteiger partial charge in [0.05, 0.1) is 10.2 Å². The van der Waals surface area contributed by atoms with Gasteiger partial charge in [-0.3, -0.25) is 19.6 Å². The molecule has 1 aromatic carbocycles. The van der Waals surface area contributed by atoms with Crippen molar-refractivity contribution in [2.45, 2.75) is 44.9 Å². The number of anilines is 1. The first-order valence-corrected chi connectivity index (χ1v) is 12.4. The van der Waals surface area contributed by atoms with Gasteiger partial charge in [0.1, 0.15) is 5.82 Å². The number of benzene rings is 1. The molecule has 4 rings (SSSR count). The molecule has 4 N–H and O–H groups in total. The summed E-state index contributed by atoms with van der Waals surface area (Å²) < 4.78 is 24.5. The Morgan fingerprint density at radius 2 is 2.06 bits per heavy atom. The Morgan fingerprint density at radius 1 is 1.25 bits per heavy atom. The van der Waals surface area contributed by atoms with Crippen molar-refractivity contribution in [3.63, 3.8) is 0 Å². The van der Waals surface area contributed by atoms with Crippen LogP contribution in [0.2, 0.25) is 0 Å². The standard InChI is InChI=1S/C22H26BrFN8O4/c23-15-12-14(7-8-16(15)24)32-20(31-35-22(32)34)18-19(30-36-29-18)26-9-4-10-27-21(25)28-17(33)11-13-5-2-1-3-6-13/h7-8,12-13H,1-6,9-11H2,(H,26,30)(H3,25,27,28,33).